The summed E-state index contributed by atoms with van der Waals surface area (Å²) in [6, 6.07) is -0.536. The van der Waals surface area contributed by atoms with Crippen LogP contribution in [0.15, 0.2) is 24.2 Å². The molecule has 0 saturated heterocycles. The minimum Gasteiger partial charge on any atom is -0.355 e. The summed E-state index contributed by atoms with van der Waals surface area (Å²) < 4.78 is 0. The van der Waals surface area contributed by atoms with Gasteiger partial charge in [0.25, 0.3) is 0 Å². The highest BCUT2D eigenvalue weighted by molar-refractivity contribution is 5.81. The Morgan fingerprint density at radius 1 is 1.12 bits per heavy atom. The van der Waals surface area contributed by atoms with E-state index in [1.165, 1.54) is 70.6 Å². The molecule has 1 heterocycles. The number of nitrogens with one attached hydrogen (secondary N) is 2. The number of allylic oxidation sites excluding steroid dienone is 2. The van der Waals surface area contributed by atoms with Crippen molar-refractivity contribution in [2.45, 2.75) is 124 Å². The highest BCUT2D eigenvalue weighted by atomic mass is 16.2. The Hall–Kier alpha value is -1.62. The molecule has 4 N–H and O–H groups in total. The zero-order valence-electron chi connectivity index (χ0n) is 26.2. The Kier molecular flexibility index (Phi) is 9.19. The van der Waals surface area contributed by atoms with Gasteiger partial charge in [-0.1, -0.05) is 65.5 Å². The molecule has 1 amide bonds. The summed E-state index contributed by atoms with van der Waals surface area (Å²) in [7, 11) is 0. The largest absolute Gasteiger partial charge is 0.355 e. The Morgan fingerprint density at radius 2 is 1.95 bits per heavy atom. The normalized spacial score (nSPS) is 36.8. The first-order valence-electron chi connectivity index (χ1n) is 16.8. The van der Waals surface area contributed by atoms with Crippen molar-refractivity contribution in [1.29, 1.82) is 0 Å². The quantitative estimate of drug-likeness (QED) is 0.250. The molecule has 5 heteroatoms. The van der Waals surface area contributed by atoms with E-state index < -0.39 is 6.04 Å². The number of imidazole rings is 1. The van der Waals surface area contributed by atoms with Crippen LogP contribution in [0.2, 0.25) is 0 Å². The van der Waals surface area contributed by atoms with Gasteiger partial charge in [-0.3, -0.25) is 4.79 Å². The maximum Gasteiger partial charge on any atom is 0.237 e. The molecule has 5 nitrogen and oxygen atoms in total. The zero-order valence-corrected chi connectivity index (χ0v) is 26.2. The maximum absolute atomic E-state index is 12.5. The van der Waals surface area contributed by atoms with Crippen molar-refractivity contribution in [3.8, 4) is 0 Å². The van der Waals surface area contributed by atoms with Gasteiger partial charge in [-0.25, -0.2) is 4.98 Å². The molecule has 224 valence electrons. The first-order valence-corrected chi connectivity index (χ1v) is 16.8. The summed E-state index contributed by atoms with van der Waals surface area (Å²) in [6.45, 7) is 13.4. The molecular weight excluding hydrogens is 492 g/mol. The van der Waals surface area contributed by atoms with Crippen LogP contribution < -0.4 is 11.1 Å². The fraction of sp³-hybridized carbons (Fsp3) is 0.829. The second-order valence-corrected chi connectivity index (χ2v) is 15.3. The average Bonchev–Trinajstić information content (AvgIpc) is 3.55. The van der Waals surface area contributed by atoms with Crippen LogP contribution in [0.25, 0.3) is 0 Å². The van der Waals surface area contributed by atoms with Crippen LogP contribution in [0, 0.1) is 52.3 Å². The molecule has 3 saturated carbocycles. The molecule has 5 rings (SSSR count). The van der Waals surface area contributed by atoms with Crippen molar-refractivity contribution in [2.75, 3.05) is 6.54 Å². The smallest absolute Gasteiger partial charge is 0.237 e. The van der Waals surface area contributed by atoms with Crippen molar-refractivity contribution in [1.82, 2.24) is 15.3 Å². The number of H-pyrrole nitrogens is 1. The molecule has 4 aliphatic rings. The average molecular weight is 551 g/mol. The lowest BCUT2D eigenvalue weighted by molar-refractivity contribution is -0.122. The van der Waals surface area contributed by atoms with Crippen LogP contribution in [0.3, 0.4) is 0 Å². The number of fused-ring (bicyclic) bond motifs is 5. The second-order valence-electron chi connectivity index (χ2n) is 15.3. The van der Waals surface area contributed by atoms with Crippen molar-refractivity contribution in [2.24, 2.45) is 58.0 Å². The molecule has 0 aliphatic heterocycles. The number of carbonyl (C=O) groups is 1. The SMILES string of the molecule is CC(C)CCC[C@@H](C)[C@H]1CCC2C3CC=C4CC(CCNC(=O)[C@@H](N)Cc5c[nH]cn5)CC[C@]4(C)C3CC[C@@]21C. The molecular formula is C35H58N4O. The predicted molar refractivity (Wildman–Crippen MR) is 164 cm³/mol. The third kappa shape index (κ3) is 5.96. The molecule has 40 heavy (non-hydrogen) atoms. The monoisotopic (exact) mass is 550 g/mol. The molecule has 4 unspecified atom stereocenters. The van der Waals surface area contributed by atoms with Gasteiger partial charge in [0.1, 0.15) is 0 Å². The lowest BCUT2D eigenvalue weighted by Gasteiger charge is -2.58. The first kappa shape index (κ1) is 29.9. The Bertz CT molecular complexity index is 1020. The second kappa shape index (κ2) is 12.3. The number of rotatable bonds is 11. The standard InChI is InChI=1S/C35H58N4O/c1-23(2)7-6-8-24(3)29-11-12-30-28-10-9-26-19-25(13-16-34(26,4)31(28)14-17-35(29,30)5)15-18-38-33(40)32(36)20-27-21-37-22-39-27/h9,21-25,28-32H,6-8,10-20,36H2,1-5H3,(H,37,39)(H,38,40)/t24-,25?,28?,29-,30?,31?,32+,34+,35-/m1/s1. The van der Waals surface area contributed by atoms with Crippen LogP contribution in [-0.2, 0) is 11.2 Å². The summed E-state index contributed by atoms with van der Waals surface area (Å²) >= 11 is 0. The van der Waals surface area contributed by atoms with E-state index in [2.05, 4.69) is 56.0 Å². The minimum atomic E-state index is -0.536. The number of nitrogens with zero attached hydrogens (tertiary/aromatic N) is 1. The lowest BCUT2D eigenvalue weighted by Crippen LogP contribution is -2.50. The van der Waals surface area contributed by atoms with E-state index in [9.17, 15) is 4.79 Å². The van der Waals surface area contributed by atoms with E-state index in [1.807, 2.05) is 6.20 Å². The highest BCUT2D eigenvalue weighted by Crippen LogP contribution is 2.67. The number of aromatic amines is 1. The predicted octanol–water partition coefficient (Wildman–Crippen LogP) is 7.44. The Morgan fingerprint density at radius 3 is 2.70 bits per heavy atom. The van der Waals surface area contributed by atoms with E-state index in [0.717, 1.165) is 54.2 Å². The first-order chi connectivity index (χ1) is 19.1. The summed E-state index contributed by atoms with van der Waals surface area (Å²) in [5.74, 6) is 5.97. The molecule has 0 bridgehead atoms. The van der Waals surface area contributed by atoms with Crippen molar-refractivity contribution in [3.05, 3.63) is 29.9 Å². The molecule has 9 atom stereocenters. The Labute approximate surface area is 244 Å². The molecule has 1 aromatic rings. The summed E-state index contributed by atoms with van der Waals surface area (Å²) in [5, 5.41) is 3.11. The van der Waals surface area contributed by atoms with E-state index in [4.69, 9.17) is 5.73 Å². The molecule has 0 radical (unpaired) electrons. The topological polar surface area (TPSA) is 83.8 Å². The van der Waals surface area contributed by atoms with Gasteiger partial charge >= 0.3 is 0 Å². The van der Waals surface area contributed by atoms with E-state index in [1.54, 1.807) is 11.9 Å². The highest BCUT2D eigenvalue weighted by Gasteiger charge is 2.59. The molecule has 1 aromatic heterocycles. The van der Waals surface area contributed by atoms with Crippen molar-refractivity contribution < 1.29 is 4.79 Å². The third-order valence-electron chi connectivity index (χ3n) is 12.6. The minimum absolute atomic E-state index is 0.0577. The van der Waals surface area contributed by atoms with E-state index in [0.29, 0.717) is 23.2 Å². The van der Waals surface area contributed by atoms with Gasteiger partial charge in [-0.2, -0.15) is 0 Å². The number of carbonyl (C=O) groups excluding carboxylic acids is 1. The molecule has 0 spiro atoms. The maximum atomic E-state index is 12.5. The summed E-state index contributed by atoms with van der Waals surface area (Å²) in [5.41, 5.74) is 9.68. The fourth-order valence-corrected chi connectivity index (χ4v) is 10.3. The summed E-state index contributed by atoms with van der Waals surface area (Å²) in [4.78, 5) is 19.6. The summed E-state index contributed by atoms with van der Waals surface area (Å²) in [6.07, 6.45) is 22.9. The van der Waals surface area contributed by atoms with Gasteiger partial charge in [-0.05, 0) is 110 Å². The van der Waals surface area contributed by atoms with Gasteiger partial charge in [0.05, 0.1) is 18.1 Å². The lowest BCUT2D eigenvalue weighted by atomic mass is 9.46. The zero-order chi connectivity index (χ0) is 28.5. The van der Waals surface area contributed by atoms with Crippen LogP contribution in [0.5, 0.6) is 0 Å². The van der Waals surface area contributed by atoms with Gasteiger partial charge in [0.15, 0.2) is 0 Å². The van der Waals surface area contributed by atoms with E-state index >= 15 is 0 Å². The van der Waals surface area contributed by atoms with Crippen molar-refractivity contribution in [3.63, 3.8) is 0 Å². The number of aromatic nitrogens is 2. The van der Waals surface area contributed by atoms with E-state index in [-0.39, 0.29) is 5.91 Å². The number of hydrogen-bond acceptors (Lipinski definition) is 3. The van der Waals surface area contributed by atoms with Crippen molar-refractivity contribution >= 4 is 5.91 Å². The van der Waals surface area contributed by atoms with Crippen LogP contribution >= 0.6 is 0 Å². The third-order valence-corrected chi connectivity index (χ3v) is 12.6. The van der Waals surface area contributed by atoms with Crippen LogP contribution in [-0.4, -0.2) is 28.5 Å². The number of hydrogen-bond donors (Lipinski definition) is 3. The molecule has 3 fully saturated rings. The van der Waals surface area contributed by atoms with Gasteiger partial charge in [0, 0.05) is 19.2 Å². The van der Waals surface area contributed by atoms with Gasteiger partial charge in [-0.15, -0.1) is 0 Å². The van der Waals surface area contributed by atoms with Crippen LogP contribution in [0.4, 0.5) is 0 Å². The van der Waals surface area contributed by atoms with Gasteiger partial charge in [0.2, 0.25) is 5.91 Å². The van der Waals surface area contributed by atoms with Crippen LogP contribution in [0.1, 0.15) is 117 Å². The molecule has 4 aliphatic carbocycles. The Balaban J connectivity index is 1.14. The van der Waals surface area contributed by atoms with Gasteiger partial charge < -0.3 is 16.0 Å². The number of nitrogens with two attached hydrogens (primary N) is 1. The molecule has 0 aromatic carbocycles. The number of amides is 1. The fourth-order valence-electron chi connectivity index (χ4n) is 10.3.